The number of likely N-dealkylation sites (tertiary alicyclic amines) is 1. The molecule has 2 fully saturated rings. The fraction of sp³-hybridized carbons (Fsp3) is 0.671. The van der Waals surface area contributed by atoms with E-state index in [0.717, 1.165) is 6.42 Å². The van der Waals surface area contributed by atoms with E-state index < -0.39 is 173 Å². The number of hydrogen-bond acceptors (Lipinski definition) is 14. The molecule has 4 rings (SSSR count). The lowest BCUT2D eigenvalue weighted by Crippen LogP contribution is -2.57. The van der Waals surface area contributed by atoms with Crippen LogP contribution in [0, 0.1) is 53.3 Å². The van der Waals surface area contributed by atoms with Crippen molar-refractivity contribution in [1.82, 2.24) is 40.4 Å². The lowest BCUT2D eigenvalue weighted by Gasteiger charge is -2.35. The maximum Gasteiger partial charge on any atom is 0.245 e. The molecule has 0 bridgehead atoms. The number of hydrogen-bond donors (Lipinski definition) is 4. The van der Waals surface area contributed by atoms with Crippen molar-refractivity contribution in [3.63, 3.8) is 0 Å². The Hall–Kier alpha value is -7.49. The van der Waals surface area contributed by atoms with Crippen molar-refractivity contribution in [2.24, 2.45) is 53.3 Å². The minimum Gasteiger partial charge on any atom is -0.393 e. The largest absolute Gasteiger partial charge is 0.393 e. The molecule has 2 aromatic rings. The summed E-state index contributed by atoms with van der Waals surface area (Å²) >= 11 is 0. The van der Waals surface area contributed by atoms with Gasteiger partial charge in [-0.2, -0.15) is 0 Å². The Labute approximate surface area is 582 Å². The van der Waals surface area contributed by atoms with Crippen LogP contribution in [0.5, 0.6) is 0 Å². The molecule has 0 unspecified atom stereocenters. The highest BCUT2D eigenvalue weighted by Crippen LogP contribution is 2.29. The molecule has 2 aromatic carbocycles. The quantitative estimate of drug-likeness (QED) is 0.129. The lowest BCUT2D eigenvalue weighted by atomic mass is 9.85. The van der Waals surface area contributed by atoms with Crippen molar-refractivity contribution < 1.29 is 67.4 Å². The third kappa shape index (κ3) is 24.2. The molecule has 0 spiro atoms. The molecule has 2 aliphatic heterocycles. The topological polar surface area (TPSA) is 294 Å². The smallest absolute Gasteiger partial charge is 0.245 e. The van der Waals surface area contributed by atoms with Gasteiger partial charge in [0.05, 0.1) is 42.2 Å². The molecule has 4 N–H and O–H groups in total. The number of benzene rings is 2. The van der Waals surface area contributed by atoms with Crippen LogP contribution in [0.1, 0.15) is 185 Å². The van der Waals surface area contributed by atoms with E-state index in [2.05, 4.69) is 16.0 Å². The van der Waals surface area contributed by atoms with Crippen LogP contribution in [0.25, 0.3) is 0 Å². The Bertz CT molecular complexity index is 3060. The van der Waals surface area contributed by atoms with Crippen molar-refractivity contribution in [2.45, 2.75) is 235 Å². The monoisotopic (exact) mass is 1360 g/mol. The van der Waals surface area contributed by atoms with E-state index in [1.807, 2.05) is 48.5 Å². The van der Waals surface area contributed by atoms with E-state index in [0.29, 0.717) is 43.5 Å². The standard InChI is InChI=1S/C76H116N8O14/c1-18-49(10)69-67(90)44-58(75(97)84-34-26-21-27-35-84)71(93)77-50(11)64(87)43-57(52(13)85)74(96)81(15)61(40-54-30-24-20-25-31-54)66(89)41-55(36-45(2)3)73(95)80(14)51(12)65(88)42-56(48(8)9)70(92)79-60(39-53-28-22-19-23-29-53)76(98)82(16)62(38-47(6)7)72(94)78-59(37-46(4)5)63(86)32-33-68(91)83(69)17/h19-20,22-25,28-31,45-52,55-62,69,85H,18,21,26-27,32-44H2,1-17H3,(H,77,93)(H,78,94)(H,79,92)/t49-,50+,51-,52+,55+,56-,57-,58-,59-,60-,61-,62-,69-/m0/s1. The van der Waals surface area contributed by atoms with E-state index in [-0.39, 0.29) is 75.5 Å². The van der Waals surface area contributed by atoms with E-state index in [1.165, 1.54) is 66.5 Å². The number of likely N-dealkylation sites (N-methyl/N-ethyl adjacent to an activating group) is 4. The number of aliphatic hydroxyl groups excluding tert-OH is 1. The zero-order valence-corrected chi connectivity index (χ0v) is 61.6. The summed E-state index contributed by atoms with van der Waals surface area (Å²) in [6.07, 6.45) is -1.17. The molecular formula is C76H116N8O14. The summed E-state index contributed by atoms with van der Waals surface area (Å²) in [4.78, 5) is 198. The minimum atomic E-state index is -1.65. The van der Waals surface area contributed by atoms with Crippen molar-refractivity contribution >= 4 is 76.2 Å². The molecule has 0 aliphatic carbocycles. The summed E-state index contributed by atoms with van der Waals surface area (Å²) in [7, 11) is 5.73. The van der Waals surface area contributed by atoms with E-state index >= 15 is 9.59 Å². The molecular weight excluding hydrogens is 1250 g/mol. The summed E-state index contributed by atoms with van der Waals surface area (Å²) in [5.74, 6) is -14.6. The van der Waals surface area contributed by atoms with Gasteiger partial charge in [0.2, 0.25) is 47.3 Å². The van der Waals surface area contributed by atoms with Gasteiger partial charge in [0, 0.05) is 98.1 Å². The fourth-order valence-electron chi connectivity index (χ4n) is 13.4. The number of Topliss-reactive ketones (excluding diaryl/α,β-unsaturated/α-hetero) is 5. The number of amides is 8. The normalized spacial score (nSPS) is 26.7. The molecule has 544 valence electrons. The van der Waals surface area contributed by atoms with Crippen LogP contribution in [0.2, 0.25) is 0 Å². The molecule has 98 heavy (non-hydrogen) atoms. The maximum absolute atomic E-state index is 15.1. The van der Waals surface area contributed by atoms with Gasteiger partial charge in [-0.3, -0.25) is 62.3 Å². The SMILES string of the molecule is CC[C@H](C)[C@H]1C(=O)C[C@H](C(=O)N2CCCCC2)C(=O)N[C@H](C)C(=O)C[C@@H]([C@@H](C)O)C(=O)N(C)[C@@H](Cc2ccccc2)C(=O)C[C@@H](CC(C)C)C(=O)N(C)[C@@H](C)C(=O)C[C@@H](C(C)C)C(=O)N[C@@H](Cc2ccccc2)C(=O)N(C)[C@@H](CC(C)C)C(=O)N[C@@H](CC(C)C)C(=O)CCC(=O)N1C. The molecule has 0 radical (unpaired) electrons. The zero-order valence-electron chi connectivity index (χ0n) is 61.6. The van der Waals surface area contributed by atoms with Gasteiger partial charge in [-0.15, -0.1) is 0 Å². The number of aliphatic hydroxyl groups is 1. The van der Waals surface area contributed by atoms with Crippen molar-refractivity contribution in [3.8, 4) is 0 Å². The molecule has 2 aliphatic rings. The number of piperidine rings is 1. The molecule has 22 nitrogen and oxygen atoms in total. The zero-order chi connectivity index (χ0) is 73.6. The van der Waals surface area contributed by atoms with Crippen LogP contribution in [0.3, 0.4) is 0 Å². The van der Waals surface area contributed by atoms with Gasteiger partial charge >= 0.3 is 0 Å². The van der Waals surface area contributed by atoms with Crippen LogP contribution < -0.4 is 16.0 Å². The molecule has 8 amide bonds. The van der Waals surface area contributed by atoms with Gasteiger partial charge in [-0.05, 0) is 106 Å². The molecule has 13 atom stereocenters. The van der Waals surface area contributed by atoms with Crippen LogP contribution in [0.15, 0.2) is 60.7 Å². The van der Waals surface area contributed by atoms with Crippen LogP contribution in [-0.4, -0.2) is 195 Å². The first-order valence-electron chi connectivity index (χ1n) is 35.7. The average Bonchev–Trinajstić information content (AvgIpc) is 0.832. The first-order valence-corrected chi connectivity index (χ1v) is 35.7. The van der Waals surface area contributed by atoms with Gasteiger partial charge in [0.15, 0.2) is 28.9 Å². The molecule has 0 aromatic heterocycles. The number of carbonyl (C=O) groups is 13. The Balaban J connectivity index is 1.89. The number of nitrogens with one attached hydrogen (secondary N) is 3. The summed E-state index contributed by atoms with van der Waals surface area (Å²) in [6.45, 7) is 23.2. The first kappa shape index (κ1) is 82.9. The maximum atomic E-state index is 15.1. The van der Waals surface area contributed by atoms with E-state index in [9.17, 15) is 57.8 Å². The van der Waals surface area contributed by atoms with Gasteiger partial charge in [-0.1, -0.05) is 136 Å². The number of ketones is 5. The first-order chi connectivity index (χ1) is 46.0. The molecule has 2 heterocycles. The third-order valence-corrected chi connectivity index (χ3v) is 19.8. The Kier molecular flexibility index (Phi) is 33.3. The van der Waals surface area contributed by atoms with Gasteiger partial charge in [0.1, 0.15) is 18.0 Å². The Morgan fingerprint density at radius 1 is 0.500 bits per heavy atom. The Morgan fingerprint density at radius 2 is 1.03 bits per heavy atom. The highest BCUT2D eigenvalue weighted by Gasteiger charge is 2.43. The predicted molar refractivity (Wildman–Crippen MR) is 375 cm³/mol. The van der Waals surface area contributed by atoms with Crippen LogP contribution >= 0.6 is 0 Å². The molecule has 2 saturated heterocycles. The second-order valence-electron chi connectivity index (χ2n) is 29.5. The van der Waals surface area contributed by atoms with Crippen LogP contribution in [-0.2, 0) is 75.2 Å². The summed E-state index contributed by atoms with van der Waals surface area (Å²) in [5.41, 5.74) is 1.35. The van der Waals surface area contributed by atoms with E-state index in [4.69, 9.17) is 0 Å². The highest BCUT2D eigenvalue weighted by atomic mass is 16.3. The second-order valence-corrected chi connectivity index (χ2v) is 29.5. The van der Waals surface area contributed by atoms with Crippen molar-refractivity contribution in [2.75, 3.05) is 41.3 Å². The van der Waals surface area contributed by atoms with Gasteiger partial charge in [-0.25, -0.2) is 0 Å². The highest BCUT2D eigenvalue weighted by molar-refractivity contribution is 6.06. The summed E-state index contributed by atoms with van der Waals surface area (Å²) in [5, 5.41) is 19.8. The third-order valence-electron chi connectivity index (χ3n) is 19.8. The number of rotatable bonds is 15. The Morgan fingerprint density at radius 3 is 1.56 bits per heavy atom. The summed E-state index contributed by atoms with van der Waals surface area (Å²) in [6, 6.07) is 9.43. The van der Waals surface area contributed by atoms with Crippen molar-refractivity contribution in [1.29, 1.82) is 0 Å². The minimum absolute atomic E-state index is 0.00253. The molecule has 0 saturated carbocycles. The second kappa shape index (κ2) is 39.3. The fourth-order valence-corrected chi connectivity index (χ4v) is 13.4. The van der Waals surface area contributed by atoms with Gasteiger partial charge in [0.25, 0.3) is 0 Å². The predicted octanol–water partition coefficient (Wildman–Crippen LogP) is 7.17. The van der Waals surface area contributed by atoms with Gasteiger partial charge < -0.3 is 45.6 Å². The average molecular weight is 1370 g/mol. The van der Waals surface area contributed by atoms with Crippen molar-refractivity contribution in [3.05, 3.63) is 71.8 Å². The van der Waals surface area contributed by atoms with Crippen LogP contribution in [0.4, 0.5) is 0 Å². The number of nitrogens with zero attached hydrogens (tertiary/aromatic N) is 5. The summed E-state index contributed by atoms with van der Waals surface area (Å²) < 4.78 is 0. The molecule has 22 heteroatoms. The lowest BCUT2D eigenvalue weighted by molar-refractivity contribution is -0.148. The number of carbonyl (C=O) groups excluding carboxylic acids is 13. The van der Waals surface area contributed by atoms with E-state index in [1.54, 1.807) is 88.4 Å².